The minimum absolute atomic E-state index is 0.00920. The van der Waals surface area contributed by atoms with E-state index in [4.69, 9.17) is 51.4 Å². The van der Waals surface area contributed by atoms with Crippen molar-refractivity contribution in [2.24, 2.45) is 0 Å². The third-order valence-electron chi connectivity index (χ3n) is 2.27. The Bertz CT molecular complexity index is 685. The largest absolute Gasteiger partial charge is 0.476 e. The van der Waals surface area contributed by atoms with Gasteiger partial charge in [-0.15, -0.1) is 0 Å². The van der Waals surface area contributed by atoms with Gasteiger partial charge < -0.3 is 16.6 Å². The standard InChI is InChI=1S/C9H6Cl3N5O2/c10-3-5(9(18)19)16-7(12)4(11)6(3)17-8(14)2(13)1-15-17/h1H,13-14H2,(H,18,19). The Hall–Kier alpha value is -1.70. The van der Waals surface area contributed by atoms with Crippen LogP contribution in [0.15, 0.2) is 6.20 Å². The Kier molecular flexibility index (Phi) is 3.44. The topological polar surface area (TPSA) is 120 Å². The van der Waals surface area contributed by atoms with Gasteiger partial charge in [-0.1, -0.05) is 34.8 Å². The molecule has 10 heteroatoms. The Labute approximate surface area is 121 Å². The van der Waals surface area contributed by atoms with Gasteiger partial charge in [0, 0.05) is 0 Å². The van der Waals surface area contributed by atoms with Crippen molar-refractivity contribution in [2.75, 3.05) is 11.5 Å². The molecule has 2 rings (SSSR count). The molecule has 0 fully saturated rings. The van der Waals surface area contributed by atoms with Gasteiger partial charge in [0.1, 0.15) is 15.7 Å². The van der Waals surface area contributed by atoms with Crippen molar-refractivity contribution in [3.8, 4) is 5.69 Å². The average molecular weight is 323 g/mol. The molecular formula is C9H6Cl3N5O2. The van der Waals surface area contributed by atoms with E-state index in [-0.39, 0.29) is 32.4 Å². The van der Waals surface area contributed by atoms with Crippen molar-refractivity contribution >= 4 is 52.3 Å². The van der Waals surface area contributed by atoms with Crippen LogP contribution < -0.4 is 11.5 Å². The summed E-state index contributed by atoms with van der Waals surface area (Å²) >= 11 is 17.7. The summed E-state index contributed by atoms with van der Waals surface area (Å²) in [5.74, 6) is -1.30. The molecule has 0 unspecified atom stereocenters. The molecule has 0 spiro atoms. The number of carboxylic acid groups (broad SMARTS) is 1. The average Bonchev–Trinajstić information content (AvgIpc) is 2.66. The lowest BCUT2D eigenvalue weighted by molar-refractivity contribution is 0.0690. The fraction of sp³-hybridized carbons (Fsp3) is 0. The molecule has 19 heavy (non-hydrogen) atoms. The maximum absolute atomic E-state index is 11.0. The van der Waals surface area contributed by atoms with Gasteiger partial charge in [-0.3, -0.25) is 0 Å². The van der Waals surface area contributed by atoms with E-state index in [9.17, 15) is 4.79 Å². The van der Waals surface area contributed by atoms with E-state index >= 15 is 0 Å². The summed E-state index contributed by atoms with van der Waals surface area (Å²) in [6.07, 6.45) is 1.27. The number of pyridine rings is 1. The van der Waals surface area contributed by atoms with E-state index in [1.807, 2.05) is 0 Å². The molecule has 0 saturated carbocycles. The molecular weight excluding hydrogens is 316 g/mol. The highest BCUT2D eigenvalue weighted by atomic mass is 35.5. The van der Waals surface area contributed by atoms with Crippen LogP contribution in [0.25, 0.3) is 5.69 Å². The number of carbonyl (C=O) groups is 1. The van der Waals surface area contributed by atoms with E-state index in [2.05, 4.69) is 10.1 Å². The number of nitrogens with two attached hydrogens (primary N) is 2. The number of aromatic nitrogens is 3. The molecule has 2 aromatic rings. The molecule has 0 aliphatic rings. The number of anilines is 2. The van der Waals surface area contributed by atoms with Gasteiger partial charge in [0.2, 0.25) is 0 Å². The van der Waals surface area contributed by atoms with Crippen LogP contribution in [0, 0.1) is 0 Å². The minimum atomic E-state index is -1.36. The maximum atomic E-state index is 11.0. The number of hydrogen-bond acceptors (Lipinski definition) is 5. The van der Waals surface area contributed by atoms with Crippen LogP contribution in [0.1, 0.15) is 10.5 Å². The second-order valence-corrected chi connectivity index (χ2v) is 4.54. The summed E-state index contributed by atoms with van der Waals surface area (Å²) < 4.78 is 1.10. The summed E-state index contributed by atoms with van der Waals surface area (Å²) in [6.45, 7) is 0. The first-order chi connectivity index (χ1) is 8.84. The molecule has 0 atom stereocenters. The summed E-state index contributed by atoms with van der Waals surface area (Å²) in [6, 6.07) is 0. The second-order valence-electron chi connectivity index (χ2n) is 3.43. The van der Waals surface area contributed by atoms with Gasteiger partial charge in [-0.05, 0) is 0 Å². The lowest BCUT2D eigenvalue weighted by Crippen LogP contribution is -2.10. The van der Waals surface area contributed by atoms with Crippen molar-refractivity contribution in [2.45, 2.75) is 0 Å². The van der Waals surface area contributed by atoms with Gasteiger partial charge in [0.05, 0.1) is 11.9 Å². The van der Waals surface area contributed by atoms with Gasteiger partial charge in [0.25, 0.3) is 0 Å². The molecule has 0 aliphatic carbocycles. The van der Waals surface area contributed by atoms with Crippen LogP contribution in [0.5, 0.6) is 0 Å². The van der Waals surface area contributed by atoms with E-state index in [0.717, 1.165) is 4.68 Å². The lowest BCUT2D eigenvalue weighted by Gasteiger charge is -2.11. The van der Waals surface area contributed by atoms with E-state index < -0.39 is 11.7 Å². The first kappa shape index (κ1) is 13.7. The Morgan fingerprint density at radius 1 is 1.26 bits per heavy atom. The molecule has 0 radical (unpaired) electrons. The molecule has 2 heterocycles. The highest BCUT2D eigenvalue weighted by Gasteiger charge is 2.24. The van der Waals surface area contributed by atoms with Crippen molar-refractivity contribution in [1.29, 1.82) is 0 Å². The van der Waals surface area contributed by atoms with Crippen LogP contribution in [0.4, 0.5) is 11.5 Å². The number of aromatic carboxylic acids is 1. The third kappa shape index (κ3) is 2.16. The zero-order valence-corrected chi connectivity index (χ0v) is 11.3. The van der Waals surface area contributed by atoms with Crippen molar-refractivity contribution in [1.82, 2.24) is 14.8 Å². The maximum Gasteiger partial charge on any atom is 0.356 e. The van der Waals surface area contributed by atoms with Crippen LogP contribution in [-0.4, -0.2) is 25.8 Å². The van der Waals surface area contributed by atoms with Crippen LogP contribution in [0.2, 0.25) is 15.2 Å². The van der Waals surface area contributed by atoms with Gasteiger partial charge in [-0.25, -0.2) is 14.5 Å². The summed E-state index contributed by atoms with van der Waals surface area (Å²) in [7, 11) is 0. The molecule has 0 bridgehead atoms. The van der Waals surface area contributed by atoms with Crippen molar-refractivity contribution in [3.63, 3.8) is 0 Å². The number of carboxylic acids is 1. The summed E-state index contributed by atoms with van der Waals surface area (Å²) in [5.41, 5.74) is 11.0. The van der Waals surface area contributed by atoms with E-state index in [1.54, 1.807) is 0 Å². The first-order valence-corrected chi connectivity index (χ1v) is 5.85. The van der Waals surface area contributed by atoms with E-state index in [0.29, 0.717) is 0 Å². The van der Waals surface area contributed by atoms with Gasteiger partial charge in [-0.2, -0.15) is 5.10 Å². The molecule has 0 amide bonds. The number of hydrogen-bond donors (Lipinski definition) is 3. The molecule has 0 saturated heterocycles. The number of nitrogens with zero attached hydrogens (tertiary/aromatic N) is 3. The number of halogens is 3. The molecule has 7 nitrogen and oxygen atoms in total. The first-order valence-electron chi connectivity index (χ1n) is 4.71. The zero-order valence-electron chi connectivity index (χ0n) is 9.06. The third-order valence-corrected chi connectivity index (χ3v) is 3.35. The fourth-order valence-electron chi connectivity index (χ4n) is 1.38. The molecule has 5 N–H and O–H groups in total. The highest BCUT2D eigenvalue weighted by molar-refractivity contribution is 6.45. The SMILES string of the molecule is Nc1cnn(-c2c(Cl)c(Cl)nc(C(=O)O)c2Cl)c1N. The molecule has 100 valence electrons. The van der Waals surface area contributed by atoms with Crippen LogP contribution in [0.3, 0.4) is 0 Å². The predicted molar refractivity (Wildman–Crippen MR) is 72.2 cm³/mol. The Morgan fingerprint density at radius 2 is 1.89 bits per heavy atom. The fourth-order valence-corrected chi connectivity index (χ4v) is 2.12. The second kappa shape index (κ2) is 4.76. The normalized spacial score (nSPS) is 10.7. The highest BCUT2D eigenvalue weighted by Crippen LogP contribution is 2.36. The smallest absolute Gasteiger partial charge is 0.356 e. The van der Waals surface area contributed by atoms with Crippen LogP contribution >= 0.6 is 34.8 Å². The number of rotatable bonds is 2. The molecule has 0 aromatic carbocycles. The monoisotopic (exact) mass is 321 g/mol. The summed E-state index contributed by atoms with van der Waals surface area (Å²) in [4.78, 5) is 14.6. The molecule has 0 aliphatic heterocycles. The predicted octanol–water partition coefficient (Wildman–Crippen LogP) is 2.09. The zero-order chi connectivity index (χ0) is 14.3. The summed E-state index contributed by atoms with van der Waals surface area (Å²) in [5, 5.41) is 12.3. The van der Waals surface area contributed by atoms with E-state index in [1.165, 1.54) is 6.20 Å². The quantitative estimate of drug-likeness (QED) is 0.728. The molecule has 2 aromatic heterocycles. The van der Waals surface area contributed by atoms with Crippen LogP contribution in [-0.2, 0) is 0 Å². The Balaban J connectivity index is 2.83. The minimum Gasteiger partial charge on any atom is -0.476 e. The van der Waals surface area contributed by atoms with Gasteiger partial charge >= 0.3 is 5.97 Å². The van der Waals surface area contributed by atoms with Crippen molar-refractivity contribution < 1.29 is 9.90 Å². The Morgan fingerprint density at radius 3 is 2.37 bits per heavy atom. The van der Waals surface area contributed by atoms with Crippen molar-refractivity contribution in [3.05, 3.63) is 27.1 Å². The number of nitrogen functional groups attached to an aromatic ring is 2. The van der Waals surface area contributed by atoms with Gasteiger partial charge in [0.15, 0.2) is 16.7 Å². The lowest BCUT2D eigenvalue weighted by atomic mass is 10.3.